The van der Waals surface area contributed by atoms with Crippen molar-refractivity contribution in [1.82, 2.24) is 4.90 Å². The van der Waals surface area contributed by atoms with Gasteiger partial charge in [0.15, 0.2) is 11.5 Å². The van der Waals surface area contributed by atoms with Gasteiger partial charge in [0.05, 0.1) is 7.11 Å². The summed E-state index contributed by atoms with van der Waals surface area (Å²) in [6, 6.07) is 0. The molecule has 2 heterocycles. The Morgan fingerprint density at radius 1 is 1.17 bits per heavy atom. The molecule has 1 aromatic carbocycles. The smallest absolute Gasteiger partial charge is 0.410 e. The zero-order valence-corrected chi connectivity index (χ0v) is 13.2. The number of benzene rings is 1. The molecule has 23 heavy (non-hydrogen) atoms. The summed E-state index contributed by atoms with van der Waals surface area (Å²) in [4.78, 5) is 2.01. The molecule has 2 N–H and O–H groups in total. The van der Waals surface area contributed by atoms with Crippen LogP contribution in [-0.4, -0.2) is 38.6 Å². The average Bonchev–Trinajstić information content (AvgIpc) is 2.91. The summed E-state index contributed by atoms with van der Waals surface area (Å²) in [6.07, 6.45) is -4.17. The minimum Gasteiger partial charge on any atom is -0.492 e. The molecular weight excluding hydrogens is 313 g/mol. The van der Waals surface area contributed by atoms with Gasteiger partial charge in [-0.15, -0.1) is 0 Å². The third-order valence-corrected chi connectivity index (χ3v) is 4.47. The molecule has 0 aliphatic carbocycles. The van der Waals surface area contributed by atoms with E-state index in [9.17, 15) is 13.2 Å². The van der Waals surface area contributed by atoms with Gasteiger partial charge in [0.1, 0.15) is 5.54 Å². The lowest BCUT2D eigenvalue weighted by molar-refractivity contribution is -0.184. The van der Waals surface area contributed by atoms with Crippen molar-refractivity contribution in [3.05, 3.63) is 16.7 Å². The first kappa shape index (κ1) is 16.2. The molecule has 0 radical (unpaired) electrons. The van der Waals surface area contributed by atoms with Crippen molar-refractivity contribution >= 4 is 0 Å². The van der Waals surface area contributed by atoms with Gasteiger partial charge in [0.25, 0.3) is 0 Å². The number of fused-ring (bicyclic) bond motifs is 2. The molecule has 0 amide bonds. The molecule has 0 spiro atoms. The van der Waals surface area contributed by atoms with Crippen molar-refractivity contribution in [2.24, 2.45) is 5.73 Å². The molecular formula is C15H19F3N2O3. The highest BCUT2D eigenvalue weighted by molar-refractivity contribution is 5.67. The lowest BCUT2D eigenvalue weighted by Crippen LogP contribution is -2.49. The van der Waals surface area contributed by atoms with Gasteiger partial charge < -0.3 is 24.8 Å². The van der Waals surface area contributed by atoms with Crippen LogP contribution in [-0.2, 0) is 18.5 Å². The van der Waals surface area contributed by atoms with Crippen LogP contribution in [0.1, 0.15) is 23.6 Å². The Hall–Kier alpha value is -1.67. The van der Waals surface area contributed by atoms with Crippen LogP contribution < -0.4 is 19.9 Å². The third kappa shape index (κ3) is 2.31. The summed E-state index contributed by atoms with van der Waals surface area (Å²) in [7, 11) is 3.37. The van der Waals surface area contributed by atoms with Gasteiger partial charge in [-0.2, -0.15) is 13.2 Å². The molecule has 0 fully saturated rings. The molecule has 0 unspecified atom stereocenters. The number of halogens is 3. The Labute approximate surface area is 132 Å². The molecule has 128 valence electrons. The van der Waals surface area contributed by atoms with Gasteiger partial charge in [-0.1, -0.05) is 0 Å². The second-order valence-corrected chi connectivity index (χ2v) is 6.12. The van der Waals surface area contributed by atoms with E-state index in [0.717, 1.165) is 6.92 Å². The zero-order valence-electron chi connectivity index (χ0n) is 13.2. The molecule has 8 heteroatoms. The maximum atomic E-state index is 13.6. The van der Waals surface area contributed by atoms with E-state index in [1.807, 2.05) is 11.9 Å². The number of rotatable bonds is 2. The number of methoxy groups -OCH3 is 1. The molecule has 1 atom stereocenters. The minimum absolute atomic E-state index is 0.0404. The van der Waals surface area contributed by atoms with Gasteiger partial charge in [-0.3, -0.25) is 0 Å². The lowest BCUT2D eigenvalue weighted by atomic mass is 9.82. The van der Waals surface area contributed by atoms with E-state index in [-0.39, 0.29) is 23.9 Å². The fourth-order valence-electron chi connectivity index (χ4n) is 3.20. The predicted octanol–water partition coefficient (Wildman–Crippen LogP) is 2.15. The topological polar surface area (TPSA) is 57.0 Å². The monoisotopic (exact) mass is 332 g/mol. The maximum Gasteiger partial charge on any atom is 0.410 e. The highest BCUT2D eigenvalue weighted by Crippen LogP contribution is 2.54. The molecule has 0 saturated carbocycles. The molecule has 3 rings (SSSR count). The van der Waals surface area contributed by atoms with E-state index in [1.54, 1.807) is 0 Å². The Bertz CT molecular complexity index is 644. The first-order valence-corrected chi connectivity index (χ1v) is 7.24. The fraction of sp³-hybridized carbons (Fsp3) is 0.600. The molecule has 0 bridgehead atoms. The summed E-state index contributed by atoms with van der Waals surface area (Å²) in [5, 5.41) is 0. The first-order valence-electron chi connectivity index (χ1n) is 7.24. The Morgan fingerprint density at radius 3 is 2.43 bits per heavy atom. The van der Waals surface area contributed by atoms with Crippen LogP contribution in [0.25, 0.3) is 0 Å². The first-order chi connectivity index (χ1) is 10.7. The fourth-order valence-corrected chi connectivity index (χ4v) is 3.20. The van der Waals surface area contributed by atoms with Gasteiger partial charge in [-0.25, -0.2) is 0 Å². The highest BCUT2D eigenvalue weighted by Gasteiger charge is 2.54. The summed E-state index contributed by atoms with van der Waals surface area (Å²) < 4.78 is 56.8. The Kier molecular flexibility index (Phi) is 3.64. The molecule has 5 nitrogen and oxygen atoms in total. The van der Waals surface area contributed by atoms with E-state index in [1.165, 1.54) is 7.11 Å². The standard InChI is InChI=1S/C15H19F3N2O3/c1-14(19,15(16,17)18)10-8-4-5-20(2)6-9(8)11(21-3)13-12(10)22-7-23-13/h4-7,19H2,1-3H3/t14-/m0/s1. The average molecular weight is 332 g/mol. The van der Waals surface area contributed by atoms with Crippen molar-refractivity contribution in [3.8, 4) is 17.2 Å². The predicted molar refractivity (Wildman–Crippen MR) is 76.7 cm³/mol. The number of nitrogens with zero attached hydrogens (tertiary/aromatic N) is 1. The minimum atomic E-state index is -4.61. The Balaban J connectivity index is 2.33. The summed E-state index contributed by atoms with van der Waals surface area (Å²) in [6.45, 7) is 1.92. The van der Waals surface area contributed by atoms with Crippen LogP contribution in [0.15, 0.2) is 0 Å². The van der Waals surface area contributed by atoms with E-state index < -0.39 is 11.7 Å². The third-order valence-electron chi connectivity index (χ3n) is 4.47. The number of hydrogen-bond acceptors (Lipinski definition) is 5. The Morgan fingerprint density at radius 2 is 1.83 bits per heavy atom. The molecule has 2 aliphatic heterocycles. The SMILES string of the molecule is COc1c2c(c([C@](C)(N)C(F)(F)F)c3c1OCO3)CCN(C)C2. The van der Waals surface area contributed by atoms with Crippen molar-refractivity contribution in [1.29, 1.82) is 0 Å². The van der Waals surface area contributed by atoms with Crippen LogP contribution in [0, 0.1) is 0 Å². The second kappa shape index (κ2) is 5.17. The number of ether oxygens (including phenoxy) is 3. The van der Waals surface area contributed by atoms with E-state index in [2.05, 4.69) is 0 Å². The van der Waals surface area contributed by atoms with Crippen molar-refractivity contribution < 1.29 is 27.4 Å². The quantitative estimate of drug-likeness (QED) is 0.899. The van der Waals surface area contributed by atoms with E-state index in [4.69, 9.17) is 19.9 Å². The van der Waals surface area contributed by atoms with Crippen LogP contribution in [0.5, 0.6) is 17.2 Å². The van der Waals surface area contributed by atoms with E-state index >= 15 is 0 Å². The molecule has 1 aromatic rings. The summed E-state index contributed by atoms with van der Waals surface area (Å²) in [5.41, 5.74) is 4.38. The second-order valence-electron chi connectivity index (χ2n) is 6.12. The van der Waals surface area contributed by atoms with Gasteiger partial charge in [0.2, 0.25) is 12.5 Å². The van der Waals surface area contributed by atoms with Gasteiger partial charge >= 0.3 is 6.18 Å². The van der Waals surface area contributed by atoms with Crippen LogP contribution in [0.2, 0.25) is 0 Å². The normalized spacial score (nSPS) is 20.1. The van der Waals surface area contributed by atoms with Crippen molar-refractivity contribution in [3.63, 3.8) is 0 Å². The highest BCUT2D eigenvalue weighted by atomic mass is 19.4. The molecule has 0 aromatic heterocycles. The molecule has 0 saturated heterocycles. The lowest BCUT2D eigenvalue weighted by Gasteiger charge is -2.35. The van der Waals surface area contributed by atoms with Crippen LogP contribution in [0.4, 0.5) is 13.2 Å². The van der Waals surface area contributed by atoms with E-state index in [0.29, 0.717) is 36.4 Å². The van der Waals surface area contributed by atoms with Gasteiger partial charge in [-0.05, 0) is 26.0 Å². The van der Waals surface area contributed by atoms with Crippen molar-refractivity contribution in [2.75, 3.05) is 27.5 Å². The number of likely N-dealkylation sites (N-methyl/N-ethyl adjacent to an activating group) is 1. The van der Waals surface area contributed by atoms with Gasteiger partial charge in [0, 0.05) is 24.2 Å². The maximum absolute atomic E-state index is 13.6. The summed E-state index contributed by atoms with van der Waals surface area (Å²) >= 11 is 0. The van der Waals surface area contributed by atoms with Crippen LogP contribution in [0.3, 0.4) is 0 Å². The number of nitrogens with two attached hydrogens (primary N) is 1. The number of hydrogen-bond donors (Lipinski definition) is 1. The largest absolute Gasteiger partial charge is 0.492 e. The zero-order chi connectivity index (χ0) is 17.0. The number of alkyl halides is 3. The molecule has 2 aliphatic rings. The summed E-state index contributed by atoms with van der Waals surface area (Å²) in [5.74, 6) is 0.686. The van der Waals surface area contributed by atoms with Crippen molar-refractivity contribution in [2.45, 2.75) is 31.6 Å². The van der Waals surface area contributed by atoms with Crippen LogP contribution >= 0.6 is 0 Å².